The van der Waals surface area contributed by atoms with Gasteiger partial charge >= 0.3 is 0 Å². The number of unbranched alkanes of at least 4 members (excludes halogenated alkanes) is 5. The zero-order valence-corrected chi connectivity index (χ0v) is 17.6. The van der Waals surface area contributed by atoms with Gasteiger partial charge in [0.1, 0.15) is 0 Å². The van der Waals surface area contributed by atoms with Gasteiger partial charge in [-0.1, -0.05) is 96.8 Å². The lowest BCUT2D eigenvalue weighted by atomic mass is 9.90. The van der Waals surface area contributed by atoms with E-state index in [-0.39, 0.29) is 0 Å². The molecular weight excluding hydrogens is 288 g/mol. The largest absolute Gasteiger partial charge is 0.103 e. The summed E-state index contributed by atoms with van der Waals surface area (Å²) in [5.41, 5.74) is 1.78. The van der Waals surface area contributed by atoms with Crippen molar-refractivity contribution in [1.82, 2.24) is 0 Å². The molecule has 3 atom stereocenters. The molecule has 0 aliphatic heterocycles. The van der Waals surface area contributed by atoms with Crippen molar-refractivity contribution in [3.8, 4) is 0 Å². The van der Waals surface area contributed by atoms with Crippen molar-refractivity contribution in [3.05, 3.63) is 24.3 Å². The highest BCUT2D eigenvalue weighted by atomic mass is 14.3. The lowest BCUT2D eigenvalue weighted by molar-refractivity contribution is 0.394. The Morgan fingerprint density at radius 2 is 1.71 bits per heavy atom. The second-order valence-corrected chi connectivity index (χ2v) is 8.05. The molecule has 0 aromatic carbocycles. The number of hydrogen-bond donors (Lipinski definition) is 0. The van der Waals surface area contributed by atoms with Crippen LogP contribution in [0.15, 0.2) is 24.3 Å². The van der Waals surface area contributed by atoms with E-state index in [1.807, 2.05) is 6.92 Å². The van der Waals surface area contributed by atoms with E-state index in [1.54, 1.807) is 11.6 Å². The van der Waals surface area contributed by atoms with E-state index in [1.165, 1.54) is 77.0 Å². The lowest BCUT2D eigenvalue weighted by Crippen LogP contribution is -2.04. The third-order valence-corrected chi connectivity index (χ3v) is 5.45. The van der Waals surface area contributed by atoms with Crippen molar-refractivity contribution in [1.29, 1.82) is 0 Å². The van der Waals surface area contributed by atoms with Gasteiger partial charge in [-0.3, -0.25) is 0 Å². The first-order valence-electron chi connectivity index (χ1n) is 10.8. The van der Waals surface area contributed by atoms with E-state index in [0.29, 0.717) is 0 Å². The third-order valence-electron chi connectivity index (χ3n) is 5.45. The third kappa shape index (κ3) is 11.9. The van der Waals surface area contributed by atoms with E-state index >= 15 is 0 Å². The van der Waals surface area contributed by atoms with Gasteiger partial charge in [-0.05, 0) is 50.4 Å². The molecule has 1 rings (SSSR count). The monoisotopic (exact) mass is 334 g/mol. The minimum Gasteiger partial charge on any atom is -0.103 e. The van der Waals surface area contributed by atoms with E-state index < -0.39 is 0 Å². The van der Waals surface area contributed by atoms with Crippen molar-refractivity contribution in [2.24, 2.45) is 17.8 Å². The van der Waals surface area contributed by atoms with Crippen LogP contribution in [-0.4, -0.2) is 0 Å². The number of allylic oxidation sites excluding steroid dienone is 3. The SMILES string of the molecule is C=CC.CCCCCCC(C)CCC1=CC(C)C(CCCCC)C1. The molecule has 0 heteroatoms. The summed E-state index contributed by atoms with van der Waals surface area (Å²) in [6, 6.07) is 0. The zero-order valence-electron chi connectivity index (χ0n) is 17.6. The fourth-order valence-corrected chi connectivity index (χ4v) is 3.80. The molecule has 0 spiro atoms. The zero-order chi connectivity index (χ0) is 18.2. The summed E-state index contributed by atoms with van der Waals surface area (Å²) in [4.78, 5) is 0. The van der Waals surface area contributed by atoms with Crippen LogP contribution < -0.4 is 0 Å². The molecule has 0 amide bonds. The standard InChI is InChI=1S/C21H40.C3H6/c1-5-7-9-11-12-18(3)14-15-20-16-19(4)21(17-20)13-10-8-6-2;1-3-2/h16,18-19,21H,5-15,17H2,1-4H3;3H,1H2,2H3. The summed E-state index contributed by atoms with van der Waals surface area (Å²) in [6.45, 7) is 14.8. The van der Waals surface area contributed by atoms with Gasteiger partial charge in [-0.2, -0.15) is 0 Å². The average molecular weight is 335 g/mol. The molecule has 0 saturated heterocycles. The molecule has 0 fully saturated rings. The maximum atomic E-state index is 3.36. The summed E-state index contributed by atoms with van der Waals surface area (Å²) >= 11 is 0. The van der Waals surface area contributed by atoms with Crippen molar-refractivity contribution >= 4 is 0 Å². The minimum atomic E-state index is 0.844. The average Bonchev–Trinajstić information content (AvgIpc) is 2.91. The predicted molar refractivity (Wildman–Crippen MR) is 113 cm³/mol. The Morgan fingerprint density at radius 1 is 1.08 bits per heavy atom. The summed E-state index contributed by atoms with van der Waals surface area (Å²) < 4.78 is 0. The molecule has 1 aliphatic carbocycles. The van der Waals surface area contributed by atoms with Gasteiger partial charge in [0.05, 0.1) is 0 Å². The number of rotatable bonds is 12. The molecule has 0 nitrogen and oxygen atoms in total. The second kappa shape index (κ2) is 16.0. The van der Waals surface area contributed by atoms with Crippen LogP contribution in [0.1, 0.15) is 112 Å². The number of hydrogen-bond acceptors (Lipinski definition) is 0. The Morgan fingerprint density at radius 3 is 2.33 bits per heavy atom. The first kappa shape index (κ1) is 23.5. The quantitative estimate of drug-likeness (QED) is 0.247. The fourth-order valence-electron chi connectivity index (χ4n) is 3.80. The molecule has 0 bridgehead atoms. The van der Waals surface area contributed by atoms with Crippen LogP contribution in [0.25, 0.3) is 0 Å². The van der Waals surface area contributed by atoms with Crippen molar-refractivity contribution < 1.29 is 0 Å². The van der Waals surface area contributed by atoms with Crippen LogP contribution in [0.4, 0.5) is 0 Å². The first-order chi connectivity index (χ1) is 11.6. The highest BCUT2D eigenvalue weighted by Crippen LogP contribution is 2.36. The van der Waals surface area contributed by atoms with Crippen molar-refractivity contribution in [2.45, 2.75) is 112 Å². The molecule has 0 saturated carbocycles. The van der Waals surface area contributed by atoms with E-state index in [2.05, 4.69) is 40.3 Å². The summed E-state index contributed by atoms with van der Waals surface area (Å²) in [5.74, 6) is 2.74. The Kier molecular flexibility index (Phi) is 15.6. The normalized spacial score (nSPS) is 21.0. The second-order valence-electron chi connectivity index (χ2n) is 8.05. The van der Waals surface area contributed by atoms with Gasteiger partial charge in [-0.25, -0.2) is 0 Å². The highest BCUT2D eigenvalue weighted by molar-refractivity contribution is 5.13. The van der Waals surface area contributed by atoms with Crippen molar-refractivity contribution in [3.63, 3.8) is 0 Å². The molecule has 3 unspecified atom stereocenters. The smallest absolute Gasteiger partial charge is 0.0228 e. The van der Waals surface area contributed by atoms with Crippen LogP contribution in [0.5, 0.6) is 0 Å². The van der Waals surface area contributed by atoms with Gasteiger partial charge in [0.15, 0.2) is 0 Å². The van der Waals surface area contributed by atoms with Gasteiger partial charge in [0.25, 0.3) is 0 Å². The predicted octanol–water partition coefficient (Wildman–Crippen LogP) is 8.73. The summed E-state index contributed by atoms with van der Waals surface area (Å²) in [7, 11) is 0. The molecule has 24 heavy (non-hydrogen) atoms. The Hall–Kier alpha value is -0.520. The highest BCUT2D eigenvalue weighted by Gasteiger charge is 2.23. The maximum absolute atomic E-state index is 3.36. The molecular formula is C24H46. The Bertz CT molecular complexity index is 312. The molecule has 1 aliphatic rings. The van der Waals surface area contributed by atoms with Crippen LogP contribution in [-0.2, 0) is 0 Å². The molecule has 0 heterocycles. The maximum Gasteiger partial charge on any atom is -0.0228 e. The fraction of sp³-hybridized carbons (Fsp3) is 0.833. The van der Waals surface area contributed by atoms with E-state index in [4.69, 9.17) is 0 Å². The molecule has 0 aromatic heterocycles. The lowest BCUT2D eigenvalue weighted by Gasteiger charge is -2.15. The molecule has 142 valence electrons. The Balaban J connectivity index is 0.00000163. The summed E-state index contributed by atoms with van der Waals surface area (Å²) in [5, 5.41) is 0. The van der Waals surface area contributed by atoms with Crippen LogP contribution in [0.3, 0.4) is 0 Å². The van der Waals surface area contributed by atoms with Gasteiger partial charge in [-0.15, -0.1) is 6.58 Å². The molecule has 0 N–H and O–H groups in total. The van der Waals surface area contributed by atoms with Crippen LogP contribution >= 0.6 is 0 Å². The van der Waals surface area contributed by atoms with Gasteiger partial charge in [0.2, 0.25) is 0 Å². The van der Waals surface area contributed by atoms with Crippen molar-refractivity contribution in [2.75, 3.05) is 0 Å². The topological polar surface area (TPSA) is 0 Å². The first-order valence-corrected chi connectivity index (χ1v) is 10.8. The van der Waals surface area contributed by atoms with Gasteiger partial charge < -0.3 is 0 Å². The minimum absolute atomic E-state index is 0.844. The molecule has 0 aromatic rings. The van der Waals surface area contributed by atoms with Gasteiger partial charge in [0, 0.05) is 0 Å². The van der Waals surface area contributed by atoms with E-state index in [0.717, 1.165) is 17.8 Å². The Labute approximate surface area is 154 Å². The van der Waals surface area contributed by atoms with Crippen LogP contribution in [0, 0.1) is 17.8 Å². The molecule has 0 radical (unpaired) electrons. The summed E-state index contributed by atoms with van der Waals surface area (Å²) in [6.07, 6.45) is 21.4. The van der Waals surface area contributed by atoms with E-state index in [9.17, 15) is 0 Å². The van der Waals surface area contributed by atoms with Crippen LogP contribution in [0.2, 0.25) is 0 Å².